The number of fused-ring (bicyclic) bond motifs is 1. The topological polar surface area (TPSA) is 71.8 Å². The SMILES string of the molecule is Cc1c(-c2nc(Nc3ccc(C4CN(C)C4)cn3)ncc2F)sc2c1nc(C)n2C(C)C. The van der Waals surface area contributed by atoms with Gasteiger partial charge in [0, 0.05) is 31.2 Å². The summed E-state index contributed by atoms with van der Waals surface area (Å²) < 4.78 is 17.0. The Hall–Kier alpha value is -2.91. The summed E-state index contributed by atoms with van der Waals surface area (Å²) in [6, 6.07) is 4.27. The molecule has 0 spiro atoms. The van der Waals surface area contributed by atoms with Crippen LogP contribution in [0.25, 0.3) is 20.9 Å². The maximum atomic E-state index is 14.8. The predicted molar refractivity (Wildman–Crippen MR) is 126 cm³/mol. The van der Waals surface area contributed by atoms with Gasteiger partial charge in [-0.3, -0.25) is 0 Å². The fraction of sp³-hybridized carbons (Fsp3) is 0.391. The Morgan fingerprint density at radius 3 is 2.56 bits per heavy atom. The smallest absolute Gasteiger partial charge is 0.229 e. The third-order valence-electron chi connectivity index (χ3n) is 5.98. The van der Waals surface area contributed by atoms with Crippen molar-refractivity contribution in [3.63, 3.8) is 0 Å². The van der Waals surface area contributed by atoms with Crippen LogP contribution in [0.2, 0.25) is 0 Å². The molecule has 0 aliphatic carbocycles. The van der Waals surface area contributed by atoms with Crippen LogP contribution in [-0.2, 0) is 0 Å². The van der Waals surface area contributed by atoms with Gasteiger partial charge in [-0.1, -0.05) is 6.07 Å². The summed E-state index contributed by atoms with van der Waals surface area (Å²) in [5.74, 6) is 2.00. The van der Waals surface area contributed by atoms with Gasteiger partial charge < -0.3 is 14.8 Å². The van der Waals surface area contributed by atoms with Gasteiger partial charge in [0.15, 0.2) is 5.82 Å². The molecule has 166 valence electrons. The molecule has 0 saturated carbocycles. The van der Waals surface area contributed by atoms with E-state index in [9.17, 15) is 4.39 Å². The van der Waals surface area contributed by atoms with Crippen LogP contribution < -0.4 is 5.32 Å². The maximum absolute atomic E-state index is 14.8. The lowest BCUT2D eigenvalue weighted by Crippen LogP contribution is -2.41. The fourth-order valence-corrected chi connectivity index (χ4v) is 5.73. The molecule has 1 aliphatic rings. The van der Waals surface area contributed by atoms with Gasteiger partial charge in [0.05, 0.1) is 11.1 Å². The number of aryl methyl sites for hydroxylation is 2. The van der Waals surface area contributed by atoms with E-state index in [2.05, 4.69) is 56.7 Å². The molecule has 32 heavy (non-hydrogen) atoms. The van der Waals surface area contributed by atoms with Gasteiger partial charge in [0.2, 0.25) is 5.95 Å². The normalized spacial score (nSPS) is 15.0. The van der Waals surface area contributed by atoms with Crippen LogP contribution in [0.15, 0.2) is 24.5 Å². The molecule has 4 aromatic rings. The molecule has 7 nitrogen and oxygen atoms in total. The lowest BCUT2D eigenvalue weighted by Gasteiger charge is -2.36. The van der Waals surface area contributed by atoms with E-state index in [1.165, 1.54) is 23.1 Å². The van der Waals surface area contributed by atoms with E-state index in [0.717, 1.165) is 39.7 Å². The molecule has 1 N–H and O–H groups in total. The number of rotatable bonds is 5. The first-order chi connectivity index (χ1) is 15.3. The van der Waals surface area contributed by atoms with Crippen molar-refractivity contribution in [3.8, 4) is 10.6 Å². The highest BCUT2D eigenvalue weighted by Crippen LogP contribution is 2.39. The molecule has 0 radical (unpaired) electrons. The zero-order chi connectivity index (χ0) is 22.6. The maximum Gasteiger partial charge on any atom is 0.229 e. The van der Waals surface area contributed by atoms with Gasteiger partial charge in [0.25, 0.3) is 0 Å². The van der Waals surface area contributed by atoms with E-state index in [4.69, 9.17) is 4.98 Å². The number of halogens is 1. The molecule has 0 bridgehead atoms. The standard InChI is InChI=1S/C23H26FN7S/c1-12(2)31-14(4)27-19-13(3)21(32-22(19)31)20-17(24)9-26-23(29-20)28-18-7-6-15(8-25-18)16-10-30(5)11-16/h6-9,12,16H,10-11H2,1-5H3,(H,25,26,28,29). The van der Waals surface area contributed by atoms with E-state index in [1.54, 1.807) is 0 Å². The molecular formula is C23H26FN7S. The molecule has 1 aliphatic heterocycles. The summed E-state index contributed by atoms with van der Waals surface area (Å²) in [5, 5.41) is 3.11. The molecule has 5 rings (SSSR count). The second-order valence-electron chi connectivity index (χ2n) is 8.74. The average molecular weight is 452 g/mol. The number of nitrogens with zero attached hydrogens (tertiary/aromatic N) is 6. The van der Waals surface area contributed by atoms with Crippen molar-refractivity contribution in [2.45, 2.75) is 39.7 Å². The van der Waals surface area contributed by atoms with Crippen LogP contribution in [0.3, 0.4) is 0 Å². The van der Waals surface area contributed by atoms with Crippen LogP contribution in [0.4, 0.5) is 16.2 Å². The lowest BCUT2D eigenvalue weighted by molar-refractivity contribution is 0.189. The number of anilines is 2. The van der Waals surface area contributed by atoms with Crippen molar-refractivity contribution in [2.75, 3.05) is 25.5 Å². The molecule has 4 aromatic heterocycles. The number of hydrogen-bond donors (Lipinski definition) is 1. The highest BCUT2D eigenvalue weighted by molar-refractivity contribution is 7.22. The molecule has 0 atom stereocenters. The first-order valence-electron chi connectivity index (χ1n) is 10.7. The van der Waals surface area contributed by atoms with E-state index in [0.29, 0.717) is 17.7 Å². The first-order valence-corrected chi connectivity index (χ1v) is 11.6. The monoisotopic (exact) mass is 451 g/mol. The van der Waals surface area contributed by atoms with Crippen molar-refractivity contribution in [3.05, 3.63) is 47.3 Å². The third kappa shape index (κ3) is 3.55. The summed E-state index contributed by atoms with van der Waals surface area (Å²) in [7, 11) is 2.11. The number of thiophene rings is 1. The number of imidazole rings is 1. The Bertz CT molecular complexity index is 1290. The molecule has 0 amide bonds. The third-order valence-corrected chi connectivity index (χ3v) is 7.26. The van der Waals surface area contributed by atoms with E-state index in [1.807, 2.05) is 26.1 Å². The second-order valence-corrected chi connectivity index (χ2v) is 9.74. The average Bonchev–Trinajstić information content (AvgIpc) is 3.22. The molecule has 1 saturated heterocycles. The summed E-state index contributed by atoms with van der Waals surface area (Å²) in [6.45, 7) is 10.3. The summed E-state index contributed by atoms with van der Waals surface area (Å²) in [6.07, 6.45) is 3.10. The van der Waals surface area contributed by atoms with E-state index in [-0.39, 0.29) is 11.7 Å². The molecule has 1 fully saturated rings. The van der Waals surface area contributed by atoms with Crippen molar-refractivity contribution in [1.82, 2.24) is 29.4 Å². The van der Waals surface area contributed by atoms with Crippen LogP contribution >= 0.6 is 11.3 Å². The highest BCUT2D eigenvalue weighted by atomic mass is 32.1. The Morgan fingerprint density at radius 2 is 1.91 bits per heavy atom. The minimum atomic E-state index is -0.451. The van der Waals surface area contributed by atoms with Gasteiger partial charge in [-0.25, -0.2) is 24.3 Å². The summed E-state index contributed by atoms with van der Waals surface area (Å²) >= 11 is 1.52. The number of hydrogen-bond acceptors (Lipinski definition) is 7. The van der Waals surface area contributed by atoms with Crippen molar-refractivity contribution < 1.29 is 4.39 Å². The summed E-state index contributed by atoms with van der Waals surface area (Å²) in [5.41, 5.74) is 3.35. The predicted octanol–water partition coefficient (Wildman–Crippen LogP) is 5.06. The Morgan fingerprint density at radius 1 is 1.12 bits per heavy atom. The highest BCUT2D eigenvalue weighted by Gasteiger charge is 2.25. The Balaban J connectivity index is 1.45. The number of aromatic nitrogens is 5. The number of nitrogens with one attached hydrogen (secondary N) is 1. The van der Waals surface area contributed by atoms with E-state index >= 15 is 0 Å². The lowest BCUT2D eigenvalue weighted by atomic mass is 9.93. The quantitative estimate of drug-likeness (QED) is 0.457. The van der Waals surface area contributed by atoms with E-state index < -0.39 is 5.82 Å². The Labute approximate surface area is 190 Å². The van der Waals surface area contributed by atoms with Crippen molar-refractivity contribution >= 4 is 33.5 Å². The van der Waals surface area contributed by atoms with Crippen LogP contribution in [-0.4, -0.2) is 49.5 Å². The molecule has 5 heterocycles. The van der Waals surface area contributed by atoms with Crippen molar-refractivity contribution in [1.29, 1.82) is 0 Å². The Kier molecular flexibility index (Phi) is 5.17. The molecular weight excluding hydrogens is 425 g/mol. The molecule has 0 aromatic carbocycles. The van der Waals surface area contributed by atoms with Crippen LogP contribution in [0, 0.1) is 19.7 Å². The largest absolute Gasteiger partial charge is 0.317 e. The van der Waals surface area contributed by atoms with Crippen LogP contribution in [0.5, 0.6) is 0 Å². The molecule has 9 heteroatoms. The summed E-state index contributed by atoms with van der Waals surface area (Å²) in [4.78, 5) is 21.9. The number of pyridine rings is 1. The fourth-order valence-electron chi connectivity index (χ4n) is 4.31. The van der Waals surface area contributed by atoms with Gasteiger partial charge in [0.1, 0.15) is 27.7 Å². The second kappa shape index (κ2) is 7.90. The minimum Gasteiger partial charge on any atom is -0.317 e. The van der Waals surface area contributed by atoms with Crippen LogP contribution in [0.1, 0.15) is 42.8 Å². The van der Waals surface area contributed by atoms with Gasteiger partial charge in [-0.2, -0.15) is 0 Å². The zero-order valence-corrected chi connectivity index (χ0v) is 19.7. The molecule has 0 unspecified atom stereocenters. The number of likely N-dealkylation sites (tertiary alicyclic amines) is 1. The first kappa shape index (κ1) is 21.0. The van der Waals surface area contributed by atoms with Crippen molar-refractivity contribution in [2.24, 2.45) is 0 Å². The van der Waals surface area contributed by atoms with Gasteiger partial charge in [-0.05, 0) is 51.9 Å². The van der Waals surface area contributed by atoms with Gasteiger partial charge >= 0.3 is 0 Å². The van der Waals surface area contributed by atoms with Gasteiger partial charge in [-0.15, -0.1) is 11.3 Å². The minimum absolute atomic E-state index is 0.271. The number of likely N-dealkylation sites (N-methyl/N-ethyl adjacent to an activating group) is 1. The zero-order valence-electron chi connectivity index (χ0n) is 18.8.